The SMILES string of the molecule is Cc1cc(C)c(S(=O)(=O)NCCC(=O)NCc2ccccc2CN(C)C)c(C)c1. The highest BCUT2D eigenvalue weighted by molar-refractivity contribution is 7.89. The zero-order valence-corrected chi connectivity index (χ0v) is 18.7. The van der Waals surface area contributed by atoms with Gasteiger partial charge in [0.1, 0.15) is 0 Å². The molecule has 0 bridgehead atoms. The first-order valence-electron chi connectivity index (χ1n) is 9.66. The van der Waals surface area contributed by atoms with E-state index >= 15 is 0 Å². The summed E-state index contributed by atoms with van der Waals surface area (Å²) >= 11 is 0. The molecular formula is C22H31N3O3S. The van der Waals surface area contributed by atoms with E-state index < -0.39 is 10.0 Å². The van der Waals surface area contributed by atoms with Crippen LogP contribution in [-0.4, -0.2) is 39.9 Å². The highest BCUT2D eigenvalue weighted by atomic mass is 32.2. The maximum Gasteiger partial charge on any atom is 0.241 e. The molecule has 0 heterocycles. The number of aryl methyl sites for hydroxylation is 3. The van der Waals surface area contributed by atoms with Crippen molar-refractivity contribution in [1.82, 2.24) is 14.9 Å². The van der Waals surface area contributed by atoms with Crippen LogP contribution in [0.1, 0.15) is 34.2 Å². The van der Waals surface area contributed by atoms with E-state index in [1.165, 1.54) is 0 Å². The van der Waals surface area contributed by atoms with E-state index in [1.807, 2.05) is 57.4 Å². The van der Waals surface area contributed by atoms with Gasteiger partial charge in [0.2, 0.25) is 15.9 Å². The Morgan fingerprint density at radius 3 is 2.17 bits per heavy atom. The van der Waals surface area contributed by atoms with Crippen molar-refractivity contribution in [2.75, 3.05) is 20.6 Å². The number of hydrogen-bond acceptors (Lipinski definition) is 4. The average molecular weight is 418 g/mol. The van der Waals surface area contributed by atoms with Gasteiger partial charge in [-0.3, -0.25) is 4.79 Å². The number of nitrogens with one attached hydrogen (secondary N) is 2. The lowest BCUT2D eigenvalue weighted by Crippen LogP contribution is -2.31. The van der Waals surface area contributed by atoms with Gasteiger partial charge in [-0.05, 0) is 57.1 Å². The van der Waals surface area contributed by atoms with E-state index in [0.29, 0.717) is 22.6 Å². The second-order valence-corrected chi connectivity index (χ2v) is 9.36. The molecular weight excluding hydrogens is 386 g/mol. The molecule has 2 aromatic rings. The van der Waals surface area contributed by atoms with E-state index in [9.17, 15) is 13.2 Å². The molecule has 158 valence electrons. The third-order valence-electron chi connectivity index (χ3n) is 4.60. The standard InChI is InChI=1S/C22H31N3O3S/c1-16-12-17(2)22(18(3)13-16)29(27,28)24-11-10-21(26)23-14-19-8-6-7-9-20(19)15-25(4)5/h6-9,12-13,24H,10-11,14-15H2,1-5H3,(H,23,26). The molecule has 0 aliphatic heterocycles. The van der Waals surface area contributed by atoms with Crippen LogP contribution in [0.5, 0.6) is 0 Å². The molecule has 7 heteroatoms. The number of amides is 1. The minimum atomic E-state index is -3.66. The highest BCUT2D eigenvalue weighted by Gasteiger charge is 2.19. The molecule has 0 spiro atoms. The molecule has 0 radical (unpaired) electrons. The van der Waals surface area contributed by atoms with Crippen molar-refractivity contribution >= 4 is 15.9 Å². The summed E-state index contributed by atoms with van der Waals surface area (Å²) in [6.07, 6.45) is 0.0824. The molecule has 2 aromatic carbocycles. The van der Waals surface area contributed by atoms with Gasteiger partial charge in [-0.2, -0.15) is 0 Å². The third-order valence-corrected chi connectivity index (χ3v) is 6.36. The van der Waals surface area contributed by atoms with Gasteiger partial charge >= 0.3 is 0 Å². The fourth-order valence-corrected chi connectivity index (χ4v) is 4.95. The number of rotatable bonds is 9. The summed E-state index contributed by atoms with van der Waals surface area (Å²) in [5.41, 5.74) is 4.65. The lowest BCUT2D eigenvalue weighted by Gasteiger charge is -2.15. The van der Waals surface area contributed by atoms with Crippen molar-refractivity contribution in [2.45, 2.75) is 45.2 Å². The largest absolute Gasteiger partial charge is 0.352 e. The Morgan fingerprint density at radius 1 is 1.00 bits per heavy atom. The maximum atomic E-state index is 12.6. The molecule has 0 saturated heterocycles. The van der Waals surface area contributed by atoms with Gasteiger partial charge in [-0.15, -0.1) is 0 Å². The summed E-state index contributed by atoms with van der Waals surface area (Å²) in [7, 11) is 0.341. The summed E-state index contributed by atoms with van der Waals surface area (Å²) < 4.78 is 27.8. The minimum absolute atomic E-state index is 0.0558. The number of nitrogens with zero attached hydrogens (tertiary/aromatic N) is 1. The number of hydrogen-bond donors (Lipinski definition) is 2. The first-order valence-corrected chi connectivity index (χ1v) is 11.1. The lowest BCUT2D eigenvalue weighted by atomic mass is 10.1. The van der Waals surface area contributed by atoms with Crippen LogP contribution in [0.15, 0.2) is 41.3 Å². The second-order valence-electron chi connectivity index (χ2n) is 7.66. The highest BCUT2D eigenvalue weighted by Crippen LogP contribution is 2.21. The molecule has 0 fully saturated rings. The van der Waals surface area contributed by atoms with Crippen molar-refractivity contribution < 1.29 is 13.2 Å². The van der Waals surface area contributed by atoms with Gasteiger partial charge in [0.15, 0.2) is 0 Å². The average Bonchev–Trinajstić information content (AvgIpc) is 2.59. The van der Waals surface area contributed by atoms with E-state index in [2.05, 4.69) is 14.9 Å². The van der Waals surface area contributed by atoms with Gasteiger partial charge in [0.25, 0.3) is 0 Å². The van der Waals surface area contributed by atoms with Crippen LogP contribution in [0.25, 0.3) is 0 Å². The Labute approximate surface area is 174 Å². The predicted molar refractivity (Wildman–Crippen MR) is 116 cm³/mol. The Hall–Kier alpha value is -2.22. The van der Waals surface area contributed by atoms with Gasteiger partial charge in [0.05, 0.1) is 4.90 Å². The fourth-order valence-electron chi connectivity index (χ4n) is 3.47. The van der Waals surface area contributed by atoms with Gasteiger partial charge < -0.3 is 10.2 Å². The summed E-state index contributed by atoms with van der Waals surface area (Å²) in [5, 5.41) is 2.88. The summed E-state index contributed by atoms with van der Waals surface area (Å²) in [6.45, 7) is 6.77. The monoisotopic (exact) mass is 417 g/mol. The molecule has 2 rings (SSSR count). The first-order chi connectivity index (χ1) is 13.6. The number of sulfonamides is 1. The molecule has 0 saturated carbocycles. The van der Waals surface area contributed by atoms with Gasteiger partial charge in [-0.25, -0.2) is 13.1 Å². The molecule has 0 unspecified atom stereocenters. The molecule has 0 aliphatic rings. The Balaban J connectivity index is 1.91. The molecule has 0 atom stereocenters. The van der Waals surface area contributed by atoms with Crippen molar-refractivity contribution in [3.8, 4) is 0 Å². The Bertz CT molecular complexity index is 946. The number of benzene rings is 2. The van der Waals surface area contributed by atoms with Crippen LogP contribution in [0.4, 0.5) is 0 Å². The fraction of sp³-hybridized carbons (Fsp3) is 0.409. The molecule has 0 aliphatic carbocycles. The zero-order chi connectivity index (χ0) is 21.6. The second kappa shape index (κ2) is 10.0. The van der Waals surface area contributed by atoms with E-state index in [1.54, 1.807) is 13.8 Å². The Morgan fingerprint density at radius 2 is 1.59 bits per heavy atom. The van der Waals surface area contributed by atoms with Crippen LogP contribution < -0.4 is 10.0 Å². The van der Waals surface area contributed by atoms with E-state index in [0.717, 1.165) is 23.2 Å². The molecule has 0 aromatic heterocycles. The van der Waals surface area contributed by atoms with Crippen LogP contribution >= 0.6 is 0 Å². The quantitative estimate of drug-likeness (QED) is 0.658. The Kier molecular flexibility index (Phi) is 7.96. The topological polar surface area (TPSA) is 78.5 Å². The zero-order valence-electron chi connectivity index (χ0n) is 17.9. The third kappa shape index (κ3) is 6.66. The summed E-state index contributed by atoms with van der Waals surface area (Å²) in [5.74, 6) is -0.190. The summed E-state index contributed by atoms with van der Waals surface area (Å²) in [4.78, 5) is 14.6. The molecule has 29 heavy (non-hydrogen) atoms. The lowest BCUT2D eigenvalue weighted by molar-refractivity contribution is -0.121. The van der Waals surface area contributed by atoms with Crippen molar-refractivity contribution in [1.29, 1.82) is 0 Å². The minimum Gasteiger partial charge on any atom is -0.352 e. The van der Waals surface area contributed by atoms with E-state index in [-0.39, 0.29) is 18.9 Å². The summed E-state index contributed by atoms with van der Waals surface area (Å²) in [6, 6.07) is 11.7. The number of carbonyl (C=O) groups excluding carboxylic acids is 1. The van der Waals surface area contributed by atoms with Crippen molar-refractivity contribution in [3.63, 3.8) is 0 Å². The maximum absolute atomic E-state index is 12.6. The molecule has 2 N–H and O–H groups in total. The first kappa shape index (κ1) is 23.1. The van der Waals surface area contributed by atoms with Crippen LogP contribution in [0.2, 0.25) is 0 Å². The van der Waals surface area contributed by atoms with Crippen molar-refractivity contribution in [3.05, 3.63) is 64.2 Å². The van der Waals surface area contributed by atoms with Crippen LogP contribution in [-0.2, 0) is 27.9 Å². The predicted octanol–water partition coefficient (Wildman–Crippen LogP) is 2.66. The number of carbonyl (C=O) groups is 1. The van der Waals surface area contributed by atoms with Gasteiger partial charge in [-0.1, -0.05) is 42.0 Å². The van der Waals surface area contributed by atoms with Crippen LogP contribution in [0, 0.1) is 20.8 Å². The van der Waals surface area contributed by atoms with E-state index in [4.69, 9.17) is 0 Å². The smallest absolute Gasteiger partial charge is 0.241 e. The van der Waals surface area contributed by atoms with Gasteiger partial charge in [0, 0.05) is 26.1 Å². The van der Waals surface area contributed by atoms with Crippen LogP contribution in [0.3, 0.4) is 0 Å². The molecule has 6 nitrogen and oxygen atoms in total. The normalized spacial score (nSPS) is 11.7. The molecule has 1 amide bonds. The van der Waals surface area contributed by atoms with Crippen molar-refractivity contribution in [2.24, 2.45) is 0 Å².